The van der Waals surface area contributed by atoms with Gasteiger partial charge in [0, 0.05) is 32.1 Å². The van der Waals surface area contributed by atoms with Crippen LogP contribution in [0.2, 0.25) is 0 Å². The second kappa shape index (κ2) is 6.36. The van der Waals surface area contributed by atoms with E-state index in [2.05, 4.69) is 20.3 Å². The Kier molecular flexibility index (Phi) is 4.04. The van der Waals surface area contributed by atoms with E-state index in [0.29, 0.717) is 18.8 Å². The van der Waals surface area contributed by atoms with Crippen LogP contribution in [-0.4, -0.2) is 53.2 Å². The largest absolute Gasteiger partial charge is 0.377 e. The zero-order valence-corrected chi connectivity index (χ0v) is 14.2. The quantitative estimate of drug-likeness (QED) is 0.747. The topological polar surface area (TPSA) is 109 Å². The maximum atomic E-state index is 12.6. The number of ether oxygens (including phenoxy) is 1. The van der Waals surface area contributed by atoms with Gasteiger partial charge < -0.3 is 25.7 Å². The number of hydrogen-bond acceptors (Lipinski definition) is 6. The number of nitrogens with one attached hydrogen (secondary N) is 2. The number of carbonyl (C=O) groups is 1. The molecule has 1 saturated heterocycles. The molecular formula is C17H22N6O2. The van der Waals surface area contributed by atoms with Crippen LogP contribution in [0.5, 0.6) is 0 Å². The number of anilines is 2. The number of aromatic amines is 1. The minimum absolute atomic E-state index is 0.0921. The van der Waals surface area contributed by atoms with E-state index in [1.165, 1.54) is 11.3 Å². The Morgan fingerprint density at radius 3 is 3.08 bits per heavy atom. The van der Waals surface area contributed by atoms with Gasteiger partial charge in [-0.2, -0.15) is 4.98 Å². The molecule has 3 heterocycles. The number of carbonyl (C=O) groups excluding carboxylic acids is 1. The highest BCUT2D eigenvalue weighted by atomic mass is 16.5. The van der Waals surface area contributed by atoms with Gasteiger partial charge >= 0.3 is 0 Å². The molecule has 1 aliphatic carbocycles. The first kappa shape index (κ1) is 15.9. The molecular weight excluding hydrogens is 320 g/mol. The van der Waals surface area contributed by atoms with E-state index in [-0.39, 0.29) is 24.0 Å². The molecule has 1 aliphatic heterocycles. The predicted molar refractivity (Wildman–Crippen MR) is 93.5 cm³/mol. The summed E-state index contributed by atoms with van der Waals surface area (Å²) in [4.78, 5) is 26.1. The SMILES string of the molecule is CO[C@@H]1CN(c2ccnc(N)n2)C[C@@H]1NC(=O)c1cc2c([nH]1)CCC2. The summed E-state index contributed by atoms with van der Waals surface area (Å²) in [7, 11) is 1.66. The number of fused-ring (bicyclic) bond motifs is 1. The van der Waals surface area contributed by atoms with Crippen molar-refractivity contribution in [1.29, 1.82) is 0 Å². The maximum absolute atomic E-state index is 12.6. The third-order valence-electron chi connectivity index (χ3n) is 4.98. The van der Waals surface area contributed by atoms with Crippen LogP contribution in [0.25, 0.3) is 0 Å². The lowest BCUT2D eigenvalue weighted by Crippen LogP contribution is -2.43. The maximum Gasteiger partial charge on any atom is 0.268 e. The van der Waals surface area contributed by atoms with E-state index < -0.39 is 0 Å². The second-order valence-corrected chi connectivity index (χ2v) is 6.57. The standard InChI is InChI=1S/C17H22N6O2/c1-25-14-9-23(15-5-6-19-17(18)22-15)8-13(14)21-16(24)12-7-10-3-2-4-11(10)20-12/h5-7,13-14,20H,2-4,8-9H2,1H3,(H,21,24)(H2,18,19,22)/t13-,14+/m0/s1. The van der Waals surface area contributed by atoms with Gasteiger partial charge in [-0.25, -0.2) is 4.98 Å². The summed E-state index contributed by atoms with van der Waals surface area (Å²) in [6.07, 6.45) is 4.75. The van der Waals surface area contributed by atoms with Crippen molar-refractivity contribution in [2.45, 2.75) is 31.4 Å². The summed E-state index contributed by atoms with van der Waals surface area (Å²) in [5.74, 6) is 0.885. The van der Waals surface area contributed by atoms with Gasteiger partial charge in [-0.3, -0.25) is 4.79 Å². The molecule has 4 rings (SSSR count). The fourth-order valence-electron chi connectivity index (χ4n) is 3.69. The number of aromatic nitrogens is 3. The van der Waals surface area contributed by atoms with Crippen molar-refractivity contribution < 1.29 is 9.53 Å². The van der Waals surface area contributed by atoms with Gasteiger partial charge in [-0.05, 0) is 37.0 Å². The van der Waals surface area contributed by atoms with Gasteiger partial charge in [0.25, 0.3) is 5.91 Å². The van der Waals surface area contributed by atoms with E-state index in [9.17, 15) is 4.79 Å². The molecule has 8 nitrogen and oxygen atoms in total. The Labute approximate surface area is 145 Å². The Morgan fingerprint density at radius 2 is 2.32 bits per heavy atom. The van der Waals surface area contributed by atoms with Gasteiger partial charge in [-0.15, -0.1) is 0 Å². The van der Waals surface area contributed by atoms with Crippen LogP contribution >= 0.6 is 0 Å². The lowest BCUT2D eigenvalue weighted by molar-refractivity contribution is 0.0778. The lowest BCUT2D eigenvalue weighted by atomic mass is 10.2. The first-order valence-corrected chi connectivity index (χ1v) is 8.52. The normalized spacial score (nSPS) is 22.2. The molecule has 1 amide bonds. The zero-order valence-electron chi connectivity index (χ0n) is 14.2. The highest BCUT2D eigenvalue weighted by Gasteiger charge is 2.35. The molecule has 4 N–H and O–H groups in total. The van der Waals surface area contributed by atoms with Gasteiger partial charge in [0.1, 0.15) is 11.5 Å². The van der Waals surface area contributed by atoms with Crippen molar-refractivity contribution >= 4 is 17.7 Å². The molecule has 0 saturated carbocycles. The fraction of sp³-hybridized carbons (Fsp3) is 0.471. The van der Waals surface area contributed by atoms with Crippen LogP contribution in [0.15, 0.2) is 18.3 Å². The number of nitrogen functional groups attached to an aromatic ring is 1. The summed E-state index contributed by atoms with van der Waals surface area (Å²) in [6, 6.07) is 3.66. The third-order valence-corrected chi connectivity index (χ3v) is 4.98. The summed E-state index contributed by atoms with van der Waals surface area (Å²) in [6.45, 7) is 1.25. The summed E-state index contributed by atoms with van der Waals surface area (Å²) in [5.41, 5.74) is 8.75. The number of rotatable bonds is 4. The number of aryl methyl sites for hydroxylation is 2. The zero-order chi connectivity index (χ0) is 17.4. The van der Waals surface area contributed by atoms with E-state index >= 15 is 0 Å². The van der Waals surface area contributed by atoms with Crippen LogP contribution in [-0.2, 0) is 17.6 Å². The predicted octanol–water partition coefficient (Wildman–Crippen LogP) is 0.509. The van der Waals surface area contributed by atoms with Crippen molar-refractivity contribution in [3.05, 3.63) is 35.3 Å². The molecule has 2 aromatic heterocycles. The fourth-order valence-corrected chi connectivity index (χ4v) is 3.69. The van der Waals surface area contributed by atoms with Crippen molar-refractivity contribution in [2.75, 3.05) is 30.8 Å². The summed E-state index contributed by atoms with van der Waals surface area (Å²) >= 11 is 0. The van der Waals surface area contributed by atoms with Crippen molar-refractivity contribution in [2.24, 2.45) is 0 Å². The van der Waals surface area contributed by atoms with Gasteiger partial charge in [0.2, 0.25) is 5.95 Å². The molecule has 0 bridgehead atoms. The number of methoxy groups -OCH3 is 1. The molecule has 0 radical (unpaired) electrons. The highest BCUT2D eigenvalue weighted by Crippen LogP contribution is 2.23. The van der Waals surface area contributed by atoms with Gasteiger partial charge in [-0.1, -0.05) is 0 Å². The molecule has 25 heavy (non-hydrogen) atoms. The smallest absolute Gasteiger partial charge is 0.268 e. The molecule has 8 heteroatoms. The van der Waals surface area contributed by atoms with Crippen LogP contribution in [0.3, 0.4) is 0 Å². The summed E-state index contributed by atoms with van der Waals surface area (Å²) in [5, 5.41) is 3.09. The number of hydrogen-bond donors (Lipinski definition) is 3. The average Bonchev–Trinajstić information content (AvgIpc) is 3.28. The van der Waals surface area contributed by atoms with E-state index in [1.54, 1.807) is 13.3 Å². The highest BCUT2D eigenvalue weighted by molar-refractivity contribution is 5.93. The number of H-pyrrole nitrogens is 1. The molecule has 132 valence electrons. The van der Waals surface area contributed by atoms with Crippen LogP contribution in [0, 0.1) is 0 Å². The van der Waals surface area contributed by atoms with Gasteiger partial charge in [0.15, 0.2) is 0 Å². The molecule has 2 aromatic rings. The molecule has 2 aliphatic rings. The third kappa shape index (κ3) is 3.05. The Balaban J connectivity index is 1.46. The van der Waals surface area contributed by atoms with Crippen LogP contribution < -0.4 is 16.0 Å². The minimum Gasteiger partial charge on any atom is -0.377 e. The molecule has 0 spiro atoms. The van der Waals surface area contributed by atoms with Crippen LogP contribution in [0.4, 0.5) is 11.8 Å². The minimum atomic E-state index is -0.119. The van der Waals surface area contributed by atoms with Gasteiger partial charge in [0.05, 0.1) is 12.1 Å². The number of amides is 1. The number of nitrogens with zero attached hydrogens (tertiary/aromatic N) is 3. The Morgan fingerprint density at radius 1 is 1.44 bits per heavy atom. The second-order valence-electron chi connectivity index (χ2n) is 6.57. The van der Waals surface area contributed by atoms with E-state index in [1.807, 2.05) is 17.0 Å². The van der Waals surface area contributed by atoms with E-state index in [4.69, 9.17) is 10.5 Å². The molecule has 0 aromatic carbocycles. The van der Waals surface area contributed by atoms with E-state index in [0.717, 1.165) is 25.1 Å². The van der Waals surface area contributed by atoms with Crippen molar-refractivity contribution in [3.8, 4) is 0 Å². The van der Waals surface area contributed by atoms with Crippen molar-refractivity contribution in [1.82, 2.24) is 20.3 Å². The molecule has 0 unspecified atom stereocenters. The number of nitrogens with two attached hydrogens (primary N) is 1. The first-order chi connectivity index (χ1) is 12.1. The monoisotopic (exact) mass is 342 g/mol. The first-order valence-electron chi connectivity index (χ1n) is 8.52. The Bertz CT molecular complexity index is 768. The summed E-state index contributed by atoms with van der Waals surface area (Å²) < 4.78 is 5.56. The Hall–Kier alpha value is -2.61. The molecule has 1 fully saturated rings. The lowest BCUT2D eigenvalue weighted by Gasteiger charge is -2.18. The van der Waals surface area contributed by atoms with Crippen LogP contribution in [0.1, 0.15) is 28.2 Å². The average molecular weight is 342 g/mol. The molecule has 2 atom stereocenters. The van der Waals surface area contributed by atoms with Crippen molar-refractivity contribution in [3.63, 3.8) is 0 Å².